The van der Waals surface area contributed by atoms with Crippen LogP contribution < -0.4 is 5.73 Å². The summed E-state index contributed by atoms with van der Waals surface area (Å²) in [5.74, 6) is -0.269. The lowest BCUT2D eigenvalue weighted by Crippen LogP contribution is -2.12. The van der Waals surface area contributed by atoms with Crippen LogP contribution >= 0.6 is 15.9 Å². The van der Waals surface area contributed by atoms with Crippen molar-refractivity contribution in [3.05, 3.63) is 69.4 Å². The molecule has 2 N–H and O–H groups in total. The summed E-state index contributed by atoms with van der Waals surface area (Å²) in [6.07, 6.45) is 2.22. The zero-order chi connectivity index (χ0) is 13.8. The standard InChI is InChI=1S/C16H17BrFN/c1-2-3-11-4-6-12(7-5-11)16(19)13-8-9-15(18)14(17)10-13/h4-10,16H,2-3,19H2,1H3. The summed E-state index contributed by atoms with van der Waals surface area (Å²) in [4.78, 5) is 0. The van der Waals surface area contributed by atoms with Gasteiger partial charge in [-0.25, -0.2) is 4.39 Å². The van der Waals surface area contributed by atoms with Crippen LogP contribution in [0.2, 0.25) is 0 Å². The maximum Gasteiger partial charge on any atom is 0.137 e. The first-order valence-corrected chi connectivity index (χ1v) is 7.20. The third-order valence-corrected chi connectivity index (χ3v) is 3.79. The van der Waals surface area contributed by atoms with Gasteiger partial charge in [0.2, 0.25) is 0 Å². The number of rotatable bonds is 4. The SMILES string of the molecule is CCCc1ccc(C(N)c2ccc(F)c(Br)c2)cc1. The van der Waals surface area contributed by atoms with Crippen molar-refractivity contribution in [3.8, 4) is 0 Å². The molecule has 0 radical (unpaired) electrons. The molecule has 1 unspecified atom stereocenters. The summed E-state index contributed by atoms with van der Waals surface area (Å²) in [5, 5.41) is 0. The lowest BCUT2D eigenvalue weighted by molar-refractivity contribution is 0.619. The summed E-state index contributed by atoms with van der Waals surface area (Å²) in [6.45, 7) is 2.16. The second-order valence-electron chi connectivity index (χ2n) is 4.64. The highest BCUT2D eigenvalue weighted by Crippen LogP contribution is 2.24. The molecule has 0 spiro atoms. The Morgan fingerprint density at radius 1 is 1.11 bits per heavy atom. The molecule has 2 aromatic rings. The molecule has 2 aromatic carbocycles. The predicted octanol–water partition coefficient (Wildman–Crippen LogP) is 4.59. The Balaban J connectivity index is 2.22. The van der Waals surface area contributed by atoms with E-state index in [9.17, 15) is 4.39 Å². The highest BCUT2D eigenvalue weighted by atomic mass is 79.9. The summed E-state index contributed by atoms with van der Waals surface area (Å²) in [6, 6.07) is 13.0. The molecule has 3 heteroatoms. The van der Waals surface area contributed by atoms with Gasteiger partial charge in [0, 0.05) is 0 Å². The van der Waals surface area contributed by atoms with Gasteiger partial charge in [0.15, 0.2) is 0 Å². The molecular weight excluding hydrogens is 305 g/mol. The second-order valence-corrected chi connectivity index (χ2v) is 5.50. The van der Waals surface area contributed by atoms with Gasteiger partial charge in [-0.2, -0.15) is 0 Å². The minimum absolute atomic E-state index is 0.229. The largest absolute Gasteiger partial charge is 0.320 e. The molecule has 0 aromatic heterocycles. The lowest BCUT2D eigenvalue weighted by atomic mass is 9.98. The van der Waals surface area contributed by atoms with Crippen molar-refractivity contribution in [2.45, 2.75) is 25.8 Å². The summed E-state index contributed by atoms with van der Waals surface area (Å²) < 4.78 is 13.7. The van der Waals surface area contributed by atoms with Gasteiger partial charge in [0.05, 0.1) is 10.5 Å². The summed E-state index contributed by atoms with van der Waals surface area (Å²) in [7, 11) is 0. The second kappa shape index (κ2) is 6.31. The van der Waals surface area contributed by atoms with Gasteiger partial charge < -0.3 is 5.73 Å². The van der Waals surface area contributed by atoms with Crippen molar-refractivity contribution in [3.63, 3.8) is 0 Å². The number of aryl methyl sites for hydroxylation is 1. The molecule has 0 aliphatic rings. The maximum absolute atomic E-state index is 13.2. The first-order valence-electron chi connectivity index (χ1n) is 6.41. The van der Waals surface area contributed by atoms with Crippen molar-refractivity contribution in [2.75, 3.05) is 0 Å². The zero-order valence-corrected chi connectivity index (χ0v) is 12.5. The Hall–Kier alpha value is -1.19. The first-order chi connectivity index (χ1) is 9.11. The van der Waals surface area contributed by atoms with Crippen molar-refractivity contribution < 1.29 is 4.39 Å². The fourth-order valence-electron chi connectivity index (χ4n) is 2.08. The van der Waals surface area contributed by atoms with Crippen LogP contribution in [0.5, 0.6) is 0 Å². The molecule has 0 bridgehead atoms. The Morgan fingerprint density at radius 2 is 1.74 bits per heavy atom. The van der Waals surface area contributed by atoms with Crippen molar-refractivity contribution in [2.24, 2.45) is 5.73 Å². The van der Waals surface area contributed by atoms with Crippen LogP contribution in [0.1, 0.15) is 36.1 Å². The molecule has 0 saturated heterocycles. The Bertz CT molecular complexity index is 551. The van der Waals surface area contributed by atoms with Crippen molar-refractivity contribution in [1.82, 2.24) is 0 Å². The third-order valence-electron chi connectivity index (χ3n) is 3.18. The van der Waals surface area contributed by atoms with Gasteiger partial charge in [0.1, 0.15) is 5.82 Å². The van der Waals surface area contributed by atoms with E-state index < -0.39 is 0 Å². The van der Waals surface area contributed by atoms with Crippen molar-refractivity contribution in [1.29, 1.82) is 0 Å². The number of hydrogen-bond donors (Lipinski definition) is 1. The molecule has 0 amide bonds. The minimum atomic E-state index is -0.269. The highest BCUT2D eigenvalue weighted by Gasteiger charge is 2.10. The van der Waals surface area contributed by atoms with Gasteiger partial charge in [-0.3, -0.25) is 0 Å². The van der Waals surface area contributed by atoms with Gasteiger partial charge in [-0.05, 0) is 51.2 Å². The van der Waals surface area contributed by atoms with Crippen molar-refractivity contribution >= 4 is 15.9 Å². The average Bonchev–Trinajstić information content (AvgIpc) is 2.42. The molecule has 1 nitrogen and oxygen atoms in total. The van der Waals surface area contributed by atoms with E-state index in [1.54, 1.807) is 12.1 Å². The van der Waals surface area contributed by atoms with E-state index in [-0.39, 0.29) is 11.9 Å². The molecule has 0 saturated carbocycles. The molecular formula is C16H17BrFN. The van der Waals surface area contributed by atoms with Gasteiger partial charge in [-0.15, -0.1) is 0 Å². The number of halogens is 2. The molecule has 0 aliphatic carbocycles. The molecule has 100 valence electrons. The predicted molar refractivity (Wildman–Crippen MR) is 80.6 cm³/mol. The molecule has 19 heavy (non-hydrogen) atoms. The van der Waals surface area contributed by atoms with Crippen LogP contribution in [0, 0.1) is 5.82 Å². The molecule has 0 aliphatic heterocycles. The first kappa shape index (κ1) is 14.2. The molecule has 2 rings (SSSR count). The monoisotopic (exact) mass is 321 g/mol. The zero-order valence-electron chi connectivity index (χ0n) is 10.9. The molecule has 0 fully saturated rings. The fourth-order valence-corrected chi connectivity index (χ4v) is 2.48. The van der Waals surface area contributed by atoms with Crippen LogP contribution in [-0.2, 0) is 6.42 Å². The smallest absolute Gasteiger partial charge is 0.137 e. The van der Waals surface area contributed by atoms with E-state index in [1.165, 1.54) is 11.6 Å². The van der Waals surface area contributed by atoms with Crippen LogP contribution in [-0.4, -0.2) is 0 Å². The van der Waals surface area contributed by atoms with Gasteiger partial charge >= 0.3 is 0 Å². The Labute approximate surface area is 121 Å². The lowest BCUT2D eigenvalue weighted by Gasteiger charge is -2.14. The summed E-state index contributed by atoms with van der Waals surface area (Å²) >= 11 is 3.19. The minimum Gasteiger partial charge on any atom is -0.320 e. The van der Waals surface area contributed by atoms with Gasteiger partial charge in [0.25, 0.3) is 0 Å². The average molecular weight is 322 g/mol. The van der Waals surface area contributed by atoms with E-state index in [4.69, 9.17) is 5.73 Å². The van der Waals surface area contributed by atoms with Gasteiger partial charge in [-0.1, -0.05) is 43.7 Å². The number of nitrogens with two attached hydrogens (primary N) is 1. The Morgan fingerprint density at radius 3 is 2.32 bits per heavy atom. The molecule has 1 atom stereocenters. The van der Waals surface area contributed by atoms with Crippen LogP contribution in [0.3, 0.4) is 0 Å². The van der Waals surface area contributed by atoms with E-state index >= 15 is 0 Å². The fraction of sp³-hybridized carbons (Fsp3) is 0.250. The normalized spacial score (nSPS) is 12.4. The summed E-state index contributed by atoms with van der Waals surface area (Å²) in [5.41, 5.74) is 9.47. The van der Waals surface area contributed by atoms with E-state index in [0.717, 1.165) is 24.0 Å². The molecule has 0 heterocycles. The third kappa shape index (κ3) is 3.43. The topological polar surface area (TPSA) is 26.0 Å². The van der Waals surface area contributed by atoms with Crippen LogP contribution in [0.25, 0.3) is 0 Å². The maximum atomic E-state index is 13.2. The number of hydrogen-bond acceptors (Lipinski definition) is 1. The number of benzene rings is 2. The Kier molecular flexibility index (Phi) is 4.72. The van der Waals surface area contributed by atoms with Crippen LogP contribution in [0.4, 0.5) is 4.39 Å². The van der Waals surface area contributed by atoms with E-state index in [2.05, 4.69) is 35.0 Å². The van der Waals surface area contributed by atoms with E-state index in [0.29, 0.717) is 4.47 Å². The highest BCUT2D eigenvalue weighted by molar-refractivity contribution is 9.10. The quantitative estimate of drug-likeness (QED) is 0.875. The van der Waals surface area contributed by atoms with Crippen LogP contribution in [0.15, 0.2) is 46.9 Å². The van der Waals surface area contributed by atoms with E-state index in [1.807, 2.05) is 12.1 Å².